The monoisotopic (exact) mass is 295 g/mol. The fraction of sp³-hybridized carbons (Fsp3) is 0.125. The van der Waals surface area contributed by atoms with Crippen LogP contribution in [0.4, 0.5) is 5.69 Å². The van der Waals surface area contributed by atoms with Crippen LogP contribution >= 0.6 is 0 Å². The molecule has 0 spiro atoms. The largest absolute Gasteiger partial charge is 0.277 e. The van der Waals surface area contributed by atoms with Gasteiger partial charge in [-0.15, -0.1) is 0 Å². The van der Waals surface area contributed by atoms with Crippen molar-refractivity contribution in [2.75, 3.05) is 0 Å². The summed E-state index contributed by atoms with van der Waals surface area (Å²) in [6, 6.07) is 15.7. The molecule has 0 bridgehead atoms. The molecule has 0 aromatic heterocycles. The molecule has 3 rings (SSSR count). The molecule has 1 atom stereocenters. The Kier molecular flexibility index (Phi) is 3.65. The summed E-state index contributed by atoms with van der Waals surface area (Å²) in [6.45, 7) is 0. The normalized spacial score (nSPS) is 17.2. The topological polar surface area (TPSA) is 75.8 Å². The second-order valence-electron chi connectivity index (χ2n) is 4.97. The first kappa shape index (κ1) is 13.9. The fourth-order valence-corrected chi connectivity index (χ4v) is 2.52. The molecule has 110 valence electrons. The minimum atomic E-state index is -0.440. The third-order valence-electron chi connectivity index (χ3n) is 3.65. The third-order valence-corrected chi connectivity index (χ3v) is 3.65. The Morgan fingerprint density at radius 1 is 1.14 bits per heavy atom. The average Bonchev–Trinajstić information content (AvgIpc) is 3.00. The maximum atomic E-state index is 11.2. The van der Waals surface area contributed by atoms with Crippen molar-refractivity contribution in [1.82, 2.24) is 5.01 Å². The van der Waals surface area contributed by atoms with Crippen LogP contribution in [-0.4, -0.2) is 22.1 Å². The molecule has 1 aliphatic rings. The van der Waals surface area contributed by atoms with Gasteiger partial charge in [-0.3, -0.25) is 14.9 Å². The van der Waals surface area contributed by atoms with Gasteiger partial charge in [0.05, 0.1) is 16.7 Å². The number of hydrogen-bond acceptors (Lipinski definition) is 4. The van der Waals surface area contributed by atoms with Gasteiger partial charge >= 0.3 is 0 Å². The maximum Gasteiger partial charge on any atom is 0.269 e. The van der Waals surface area contributed by atoms with E-state index in [1.165, 1.54) is 17.1 Å². The summed E-state index contributed by atoms with van der Waals surface area (Å²) < 4.78 is 0. The van der Waals surface area contributed by atoms with E-state index < -0.39 is 4.92 Å². The van der Waals surface area contributed by atoms with Crippen LogP contribution in [0.3, 0.4) is 0 Å². The van der Waals surface area contributed by atoms with E-state index in [-0.39, 0.29) is 11.7 Å². The van der Waals surface area contributed by atoms with Gasteiger partial charge in [-0.2, -0.15) is 5.10 Å². The van der Waals surface area contributed by atoms with Crippen LogP contribution in [0.5, 0.6) is 0 Å². The zero-order chi connectivity index (χ0) is 15.5. The van der Waals surface area contributed by atoms with E-state index >= 15 is 0 Å². The molecule has 2 aromatic rings. The van der Waals surface area contributed by atoms with E-state index in [0.29, 0.717) is 12.8 Å². The number of nitro groups is 1. The van der Waals surface area contributed by atoms with Gasteiger partial charge in [0.25, 0.3) is 5.69 Å². The molecule has 0 aliphatic carbocycles. The number of amides is 1. The Bertz CT molecular complexity index is 726. The molecule has 1 amide bonds. The number of hydrazone groups is 1. The number of carbonyl (C=O) groups excluding carboxylic acids is 1. The number of carbonyl (C=O) groups is 1. The van der Waals surface area contributed by atoms with Crippen molar-refractivity contribution in [3.05, 3.63) is 75.8 Å². The van der Waals surface area contributed by atoms with Crippen LogP contribution in [0.15, 0.2) is 59.7 Å². The first-order chi connectivity index (χ1) is 10.7. The van der Waals surface area contributed by atoms with E-state index in [4.69, 9.17) is 0 Å². The summed E-state index contributed by atoms with van der Waals surface area (Å²) >= 11 is 0. The van der Waals surface area contributed by atoms with Crippen LogP contribution in [0, 0.1) is 10.1 Å². The molecular weight excluding hydrogens is 282 g/mol. The SMILES string of the molecule is O=CN1N=C(c2ccc([N+](=O)[O-])cc2)C[C@@H]1c1ccccc1. The highest BCUT2D eigenvalue weighted by Gasteiger charge is 2.28. The first-order valence-corrected chi connectivity index (χ1v) is 6.80. The zero-order valence-electron chi connectivity index (χ0n) is 11.6. The van der Waals surface area contributed by atoms with Gasteiger partial charge in [0.1, 0.15) is 0 Å². The predicted molar refractivity (Wildman–Crippen MR) is 81.3 cm³/mol. The first-order valence-electron chi connectivity index (χ1n) is 6.80. The van der Waals surface area contributed by atoms with Crippen LogP contribution in [0.1, 0.15) is 23.6 Å². The summed E-state index contributed by atoms with van der Waals surface area (Å²) in [5.74, 6) is 0. The highest BCUT2D eigenvalue weighted by Crippen LogP contribution is 2.31. The lowest BCUT2D eigenvalue weighted by Gasteiger charge is -2.16. The molecule has 6 nitrogen and oxygen atoms in total. The summed E-state index contributed by atoms with van der Waals surface area (Å²) in [7, 11) is 0. The van der Waals surface area contributed by atoms with Gasteiger partial charge in [0.2, 0.25) is 6.41 Å². The number of rotatable bonds is 4. The lowest BCUT2D eigenvalue weighted by atomic mass is 9.98. The second kappa shape index (κ2) is 5.77. The summed E-state index contributed by atoms with van der Waals surface area (Å²) in [5.41, 5.74) is 2.58. The van der Waals surface area contributed by atoms with Crippen LogP contribution in [0.25, 0.3) is 0 Å². The molecule has 0 radical (unpaired) electrons. The summed E-state index contributed by atoms with van der Waals surface area (Å²) in [5, 5.41) is 16.4. The molecule has 0 saturated heterocycles. The van der Waals surface area contributed by atoms with E-state index in [1.54, 1.807) is 12.1 Å². The molecular formula is C16H13N3O3. The third kappa shape index (κ3) is 2.58. The lowest BCUT2D eigenvalue weighted by Crippen LogP contribution is -2.17. The van der Waals surface area contributed by atoms with Crippen molar-refractivity contribution in [2.24, 2.45) is 5.10 Å². The summed E-state index contributed by atoms with van der Waals surface area (Å²) in [6.07, 6.45) is 1.29. The Balaban J connectivity index is 1.86. The van der Waals surface area contributed by atoms with Crippen molar-refractivity contribution in [2.45, 2.75) is 12.5 Å². The Hall–Kier alpha value is -3.02. The average molecular weight is 295 g/mol. The van der Waals surface area contributed by atoms with Gasteiger partial charge in [0, 0.05) is 18.6 Å². The number of hydrogen-bond donors (Lipinski definition) is 0. The Labute approximate surface area is 126 Å². The van der Waals surface area contributed by atoms with E-state index in [2.05, 4.69) is 5.10 Å². The van der Waals surface area contributed by atoms with Crippen molar-refractivity contribution in [1.29, 1.82) is 0 Å². The fourth-order valence-electron chi connectivity index (χ4n) is 2.52. The zero-order valence-corrected chi connectivity index (χ0v) is 11.6. The van der Waals surface area contributed by atoms with Gasteiger partial charge in [-0.25, -0.2) is 5.01 Å². The quantitative estimate of drug-likeness (QED) is 0.494. The van der Waals surface area contributed by atoms with Gasteiger partial charge in [-0.1, -0.05) is 30.3 Å². The number of nitro benzene ring substituents is 1. The lowest BCUT2D eigenvalue weighted by molar-refractivity contribution is -0.384. The van der Waals surface area contributed by atoms with Crippen LogP contribution in [-0.2, 0) is 4.79 Å². The Morgan fingerprint density at radius 3 is 2.41 bits per heavy atom. The van der Waals surface area contributed by atoms with Gasteiger partial charge in [-0.05, 0) is 23.3 Å². The highest BCUT2D eigenvalue weighted by atomic mass is 16.6. The molecule has 0 fully saturated rings. The number of non-ortho nitro benzene ring substituents is 1. The predicted octanol–water partition coefficient (Wildman–Crippen LogP) is 2.90. The molecule has 2 aromatic carbocycles. The van der Waals surface area contributed by atoms with E-state index in [9.17, 15) is 14.9 Å². The van der Waals surface area contributed by atoms with Crippen LogP contribution < -0.4 is 0 Å². The van der Waals surface area contributed by atoms with Gasteiger partial charge in [0.15, 0.2) is 0 Å². The van der Waals surface area contributed by atoms with Crippen molar-refractivity contribution in [3.63, 3.8) is 0 Å². The number of nitrogens with zero attached hydrogens (tertiary/aromatic N) is 3. The minimum absolute atomic E-state index is 0.0363. The molecule has 0 N–H and O–H groups in total. The van der Waals surface area contributed by atoms with E-state index in [0.717, 1.165) is 16.8 Å². The van der Waals surface area contributed by atoms with E-state index in [1.807, 2.05) is 30.3 Å². The molecule has 0 saturated carbocycles. The van der Waals surface area contributed by atoms with Gasteiger partial charge < -0.3 is 0 Å². The van der Waals surface area contributed by atoms with Crippen molar-refractivity contribution >= 4 is 17.8 Å². The molecule has 6 heteroatoms. The summed E-state index contributed by atoms with van der Waals surface area (Å²) in [4.78, 5) is 21.5. The molecule has 1 heterocycles. The standard InChI is InChI=1S/C16H13N3O3/c20-11-18-16(13-4-2-1-3-5-13)10-15(17-18)12-6-8-14(9-7-12)19(21)22/h1-9,11,16H,10H2/t16-/m1/s1. The maximum absolute atomic E-state index is 11.2. The van der Waals surface area contributed by atoms with Crippen molar-refractivity contribution < 1.29 is 9.72 Å². The minimum Gasteiger partial charge on any atom is -0.277 e. The molecule has 22 heavy (non-hydrogen) atoms. The van der Waals surface area contributed by atoms with Crippen molar-refractivity contribution in [3.8, 4) is 0 Å². The molecule has 1 aliphatic heterocycles. The molecule has 0 unspecified atom stereocenters. The highest BCUT2D eigenvalue weighted by molar-refractivity contribution is 6.02. The smallest absolute Gasteiger partial charge is 0.269 e. The van der Waals surface area contributed by atoms with Crippen LogP contribution in [0.2, 0.25) is 0 Å². The Morgan fingerprint density at radius 2 is 1.82 bits per heavy atom. The second-order valence-corrected chi connectivity index (χ2v) is 4.97. The number of benzene rings is 2.